The fraction of sp³-hybridized carbons (Fsp3) is 0.300. The number of hydrogen-bond donors (Lipinski definition) is 1. The largest absolute Gasteiger partial charge is 0.352 e. The van der Waals surface area contributed by atoms with E-state index in [4.69, 9.17) is 5.26 Å². The second kappa shape index (κ2) is 9.35. The summed E-state index contributed by atoms with van der Waals surface area (Å²) in [5.74, 6) is 0.433. The molecule has 30 heavy (non-hydrogen) atoms. The molecule has 1 aliphatic rings. The molecule has 9 nitrogen and oxygen atoms in total. The van der Waals surface area contributed by atoms with Gasteiger partial charge in [-0.15, -0.1) is 0 Å². The van der Waals surface area contributed by atoms with E-state index in [1.54, 1.807) is 23.2 Å². The first kappa shape index (κ1) is 21.2. The van der Waals surface area contributed by atoms with E-state index in [-0.39, 0.29) is 23.8 Å². The fourth-order valence-corrected chi connectivity index (χ4v) is 4.17. The Morgan fingerprint density at radius 1 is 1.10 bits per heavy atom. The summed E-state index contributed by atoms with van der Waals surface area (Å²) in [5, 5.41) is 17.7. The SMILES string of the molecule is N#CCCNS(=O)(=O)c1ccc(C(=O)N2CCN(c3ncccc3C#N)CC2)cc1. The van der Waals surface area contributed by atoms with E-state index in [0.29, 0.717) is 43.1 Å². The van der Waals surface area contributed by atoms with Crippen LogP contribution in [0.15, 0.2) is 47.5 Å². The molecule has 154 valence electrons. The Bertz CT molecular complexity index is 1090. The third-order valence-electron chi connectivity index (χ3n) is 4.71. The van der Waals surface area contributed by atoms with Gasteiger partial charge in [-0.05, 0) is 36.4 Å². The van der Waals surface area contributed by atoms with Crippen LogP contribution in [0.25, 0.3) is 0 Å². The average molecular weight is 424 g/mol. The highest BCUT2D eigenvalue weighted by Crippen LogP contribution is 2.19. The summed E-state index contributed by atoms with van der Waals surface area (Å²) in [6.45, 7) is 2.07. The number of pyridine rings is 1. The number of hydrogen-bond acceptors (Lipinski definition) is 7. The molecule has 10 heteroatoms. The van der Waals surface area contributed by atoms with Crippen molar-refractivity contribution in [3.05, 3.63) is 53.7 Å². The van der Waals surface area contributed by atoms with Crippen LogP contribution in [0.5, 0.6) is 0 Å². The number of piperazine rings is 1. The van der Waals surface area contributed by atoms with Crippen molar-refractivity contribution in [2.24, 2.45) is 0 Å². The lowest BCUT2D eigenvalue weighted by atomic mass is 10.1. The molecule has 1 aliphatic heterocycles. The third kappa shape index (κ3) is 4.74. The zero-order valence-corrected chi connectivity index (χ0v) is 17.0. The molecule has 0 spiro atoms. The molecule has 0 unspecified atom stereocenters. The van der Waals surface area contributed by atoms with Crippen molar-refractivity contribution in [2.45, 2.75) is 11.3 Å². The van der Waals surface area contributed by atoms with Crippen molar-refractivity contribution in [3.8, 4) is 12.1 Å². The van der Waals surface area contributed by atoms with Gasteiger partial charge in [0.25, 0.3) is 5.91 Å². The van der Waals surface area contributed by atoms with E-state index in [9.17, 15) is 18.5 Å². The number of sulfonamides is 1. The number of nitrogens with one attached hydrogen (secondary N) is 1. The molecule has 1 aromatic heterocycles. The molecular formula is C20H20N6O3S. The lowest BCUT2D eigenvalue weighted by Gasteiger charge is -2.35. The monoisotopic (exact) mass is 424 g/mol. The third-order valence-corrected chi connectivity index (χ3v) is 6.19. The van der Waals surface area contributed by atoms with Crippen LogP contribution >= 0.6 is 0 Å². The van der Waals surface area contributed by atoms with Gasteiger partial charge in [-0.25, -0.2) is 18.1 Å². The highest BCUT2D eigenvalue weighted by molar-refractivity contribution is 7.89. The highest BCUT2D eigenvalue weighted by Gasteiger charge is 2.24. The van der Waals surface area contributed by atoms with Crippen LogP contribution in [0, 0.1) is 22.7 Å². The van der Waals surface area contributed by atoms with Crippen LogP contribution in [-0.4, -0.2) is 56.9 Å². The van der Waals surface area contributed by atoms with Gasteiger partial charge < -0.3 is 9.80 Å². The molecule has 1 aromatic carbocycles. The van der Waals surface area contributed by atoms with Crippen molar-refractivity contribution in [2.75, 3.05) is 37.6 Å². The minimum atomic E-state index is -3.71. The first-order chi connectivity index (χ1) is 14.5. The Kier molecular flexibility index (Phi) is 6.62. The van der Waals surface area contributed by atoms with Gasteiger partial charge in [0, 0.05) is 50.9 Å². The van der Waals surface area contributed by atoms with E-state index < -0.39 is 10.0 Å². The predicted molar refractivity (Wildman–Crippen MR) is 109 cm³/mol. The summed E-state index contributed by atoms with van der Waals surface area (Å²) in [4.78, 5) is 20.8. The minimum Gasteiger partial charge on any atom is -0.352 e. The molecule has 0 radical (unpaired) electrons. The minimum absolute atomic E-state index is 0.0353. The van der Waals surface area contributed by atoms with Gasteiger partial charge in [-0.3, -0.25) is 4.79 Å². The maximum absolute atomic E-state index is 12.8. The van der Waals surface area contributed by atoms with Crippen LogP contribution in [0.4, 0.5) is 5.82 Å². The van der Waals surface area contributed by atoms with Gasteiger partial charge >= 0.3 is 0 Å². The maximum Gasteiger partial charge on any atom is 0.253 e. The zero-order valence-electron chi connectivity index (χ0n) is 16.2. The van der Waals surface area contributed by atoms with Gasteiger partial charge in [0.15, 0.2) is 0 Å². The molecule has 0 saturated carbocycles. The van der Waals surface area contributed by atoms with Gasteiger partial charge in [0.2, 0.25) is 10.0 Å². The van der Waals surface area contributed by atoms with Crippen LogP contribution < -0.4 is 9.62 Å². The van der Waals surface area contributed by atoms with Gasteiger partial charge in [0.1, 0.15) is 11.9 Å². The number of benzene rings is 1. The van der Waals surface area contributed by atoms with Crippen molar-refractivity contribution in [3.63, 3.8) is 0 Å². The number of aromatic nitrogens is 1. The Morgan fingerprint density at radius 3 is 2.43 bits per heavy atom. The van der Waals surface area contributed by atoms with Gasteiger partial charge in [-0.1, -0.05) is 0 Å². The number of amides is 1. The summed E-state index contributed by atoms with van der Waals surface area (Å²) < 4.78 is 26.7. The lowest BCUT2D eigenvalue weighted by molar-refractivity contribution is 0.0746. The second-order valence-electron chi connectivity index (χ2n) is 6.60. The molecule has 1 N–H and O–H groups in total. The molecule has 1 amide bonds. The van der Waals surface area contributed by atoms with Crippen molar-refractivity contribution in [1.29, 1.82) is 10.5 Å². The quantitative estimate of drug-likeness (QED) is 0.687. The van der Waals surface area contributed by atoms with E-state index in [1.165, 1.54) is 24.3 Å². The summed E-state index contributed by atoms with van der Waals surface area (Å²) >= 11 is 0. The van der Waals surface area contributed by atoms with Crippen molar-refractivity contribution < 1.29 is 13.2 Å². The zero-order chi connectivity index (χ0) is 21.6. The molecule has 0 atom stereocenters. The van der Waals surface area contributed by atoms with E-state index in [1.807, 2.05) is 11.0 Å². The first-order valence-corrected chi connectivity index (χ1v) is 10.8. The summed E-state index contributed by atoms with van der Waals surface area (Å²) in [7, 11) is -3.71. The summed E-state index contributed by atoms with van der Waals surface area (Å²) in [6.07, 6.45) is 1.72. The molecule has 1 saturated heterocycles. The Balaban J connectivity index is 1.63. The topological polar surface area (TPSA) is 130 Å². The van der Waals surface area contributed by atoms with Gasteiger partial charge in [-0.2, -0.15) is 10.5 Å². The summed E-state index contributed by atoms with van der Waals surface area (Å²) in [6, 6.07) is 13.2. The average Bonchev–Trinajstić information content (AvgIpc) is 2.79. The Morgan fingerprint density at radius 2 is 1.80 bits per heavy atom. The number of rotatable bonds is 6. The molecule has 2 aromatic rings. The Hall–Kier alpha value is -3.47. The van der Waals surface area contributed by atoms with E-state index in [0.717, 1.165) is 0 Å². The first-order valence-electron chi connectivity index (χ1n) is 9.32. The number of anilines is 1. The standard InChI is InChI=1S/C20H20N6O3S/c21-8-2-10-24-30(28,29)18-6-4-16(5-7-18)20(27)26-13-11-25(12-14-26)19-17(15-22)3-1-9-23-19/h1,3-7,9,24H,2,10-14H2. The van der Waals surface area contributed by atoms with Crippen LogP contribution in [-0.2, 0) is 10.0 Å². The normalized spacial score (nSPS) is 14.1. The van der Waals surface area contributed by atoms with Crippen molar-refractivity contribution in [1.82, 2.24) is 14.6 Å². The van der Waals surface area contributed by atoms with Crippen molar-refractivity contribution >= 4 is 21.7 Å². The fourth-order valence-electron chi connectivity index (χ4n) is 3.14. The molecule has 0 bridgehead atoms. The lowest BCUT2D eigenvalue weighted by Crippen LogP contribution is -2.49. The van der Waals surface area contributed by atoms with Crippen LogP contribution in [0.2, 0.25) is 0 Å². The molecule has 2 heterocycles. The maximum atomic E-state index is 12.8. The van der Waals surface area contributed by atoms with E-state index in [2.05, 4.69) is 15.8 Å². The molecular weight excluding hydrogens is 404 g/mol. The number of carbonyl (C=O) groups is 1. The van der Waals surface area contributed by atoms with Gasteiger partial charge in [0.05, 0.1) is 16.5 Å². The van der Waals surface area contributed by atoms with Crippen LogP contribution in [0.1, 0.15) is 22.3 Å². The molecule has 1 fully saturated rings. The summed E-state index contributed by atoms with van der Waals surface area (Å²) in [5.41, 5.74) is 0.896. The predicted octanol–water partition coefficient (Wildman–Crippen LogP) is 1.11. The molecule has 3 rings (SSSR count). The van der Waals surface area contributed by atoms with E-state index >= 15 is 0 Å². The second-order valence-corrected chi connectivity index (χ2v) is 8.36. The number of carbonyl (C=O) groups excluding carboxylic acids is 1. The number of nitriles is 2. The number of nitrogens with zero attached hydrogens (tertiary/aromatic N) is 5. The Labute approximate surface area is 175 Å². The van der Waals surface area contributed by atoms with Crippen LogP contribution in [0.3, 0.4) is 0 Å². The highest BCUT2D eigenvalue weighted by atomic mass is 32.2. The smallest absolute Gasteiger partial charge is 0.253 e. The molecule has 0 aliphatic carbocycles.